The summed E-state index contributed by atoms with van der Waals surface area (Å²) in [4.78, 5) is 24.9. The summed E-state index contributed by atoms with van der Waals surface area (Å²) in [5.74, 6) is -0.0547. The van der Waals surface area contributed by atoms with E-state index in [1.54, 1.807) is 12.1 Å². The second kappa shape index (κ2) is 8.29. The molecule has 0 unspecified atom stereocenters. The van der Waals surface area contributed by atoms with Crippen LogP contribution >= 0.6 is 0 Å². The van der Waals surface area contributed by atoms with Gasteiger partial charge in [-0.25, -0.2) is 0 Å². The van der Waals surface area contributed by atoms with E-state index in [2.05, 4.69) is 10.6 Å². The van der Waals surface area contributed by atoms with Crippen LogP contribution in [0.4, 0.5) is 5.69 Å². The molecule has 0 bridgehead atoms. The van der Waals surface area contributed by atoms with Crippen LogP contribution in [0.1, 0.15) is 55.3 Å². The fourth-order valence-corrected chi connectivity index (χ4v) is 3.50. The Hall–Kier alpha value is -1.88. The predicted molar refractivity (Wildman–Crippen MR) is 93.0 cm³/mol. The molecule has 2 aliphatic rings. The van der Waals surface area contributed by atoms with Gasteiger partial charge in [0.15, 0.2) is 0 Å². The number of hydrogen-bond donors (Lipinski definition) is 2. The van der Waals surface area contributed by atoms with Gasteiger partial charge in [0.05, 0.1) is 17.4 Å². The van der Waals surface area contributed by atoms with Gasteiger partial charge in [-0.2, -0.15) is 0 Å². The van der Waals surface area contributed by atoms with Gasteiger partial charge in [0, 0.05) is 19.1 Å². The van der Waals surface area contributed by atoms with Crippen LogP contribution in [0.5, 0.6) is 0 Å². The van der Waals surface area contributed by atoms with Crippen LogP contribution < -0.4 is 10.6 Å². The number of benzene rings is 1. The minimum absolute atomic E-state index is 0.0362. The SMILES string of the molecule is O=C(NC[C@@H]1CCCO1)c1ccccc1NC(=O)C1CCCCC1. The first-order valence-corrected chi connectivity index (χ1v) is 9.04. The third-order valence-corrected chi connectivity index (χ3v) is 4.92. The minimum atomic E-state index is -0.162. The number of amides is 2. The molecule has 1 saturated heterocycles. The molecule has 1 aromatic rings. The zero-order valence-corrected chi connectivity index (χ0v) is 14.1. The van der Waals surface area contributed by atoms with E-state index in [1.807, 2.05) is 12.1 Å². The van der Waals surface area contributed by atoms with E-state index < -0.39 is 0 Å². The molecule has 1 saturated carbocycles. The highest BCUT2D eigenvalue weighted by Gasteiger charge is 2.23. The Balaban J connectivity index is 1.61. The number of carbonyl (C=O) groups excluding carboxylic acids is 2. The third-order valence-electron chi connectivity index (χ3n) is 4.92. The molecule has 130 valence electrons. The molecule has 5 heteroatoms. The Morgan fingerprint density at radius 3 is 2.58 bits per heavy atom. The summed E-state index contributed by atoms with van der Waals surface area (Å²) in [6, 6.07) is 7.20. The highest BCUT2D eigenvalue weighted by atomic mass is 16.5. The van der Waals surface area contributed by atoms with E-state index in [4.69, 9.17) is 4.74 Å². The third kappa shape index (κ3) is 4.35. The zero-order chi connectivity index (χ0) is 16.8. The van der Waals surface area contributed by atoms with Crippen molar-refractivity contribution in [1.29, 1.82) is 0 Å². The highest BCUT2D eigenvalue weighted by Crippen LogP contribution is 2.25. The van der Waals surface area contributed by atoms with Crippen molar-refractivity contribution in [1.82, 2.24) is 5.32 Å². The molecule has 5 nitrogen and oxygen atoms in total. The number of carbonyl (C=O) groups is 2. The minimum Gasteiger partial charge on any atom is -0.376 e. The van der Waals surface area contributed by atoms with Crippen molar-refractivity contribution >= 4 is 17.5 Å². The molecule has 0 aromatic heterocycles. The zero-order valence-electron chi connectivity index (χ0n) is 14.1. The summed E-state index contributed by atoms with van der Waals surface area (Å²) < 4.78 is 5.53. The van der Waals surface area contributed by atoms with Gasteiger partial charge in [-0.15, -0.1) is 0 Å². The van der Waals surface area contributed by atoms with Crippen LogP contribution in [0.15, 0.2) is 24.3 Å². The maximum Gasteiger partial charge on any atom is 0.253 e. The first kappa shape index (κ1) is 17.0. The van der Waals surface area contributed by atoms with Crippen LogP contribution in [0.25, 0.3) is 0 Å². The Bertz CT molecular complexity index is 576. The number of para-hydroxylation sites is 1. The summed E-state index contributed by atoms with van der Waals surface area (Å²) in [5, 5.41) is 5.88. The van der Waals surface area contributed by atoms with Crippen LogP contribution in [-0.4, -0.2) is 31.1 Å². The van der Waals surface area contributed by atoms with Crippen molar-refractivity contribution in [3.8, 4) is 0 Å². The van der Waals surface area contributed by atoms with Crippen molar-refractivity contribution in [2.45, 2.75) is 51.0 Å². The normalized spacial score (nSPS) is 21.4. The van der Waals surface area contributed by atoms with E-state index in [9.17, 15) is 9.59 Å². The topological polar surface area (TPSA) is 67.4 Å². The van der Waals surface area contributed by atoms with Crippen molar-refractivity contribution in [2.75, 3.05) is 18.5 Å². The summed E-state index contributed by atoms with van der Waals surface area (Å²) in [6.07, 6.45) is 7.47. The quantitative estimate of drug-likeness (QED) is 0.872. The summed E-state index contributed by atoms with van der Waals surface area (Å²) >= 11 is 0. The largest absolute Gasteiger partial charge is 0.376 e. The van der Waals surface area contributed by atoms with E-state index in [-0.39, 0.29) is 23.8 Å². The van der Waals surface area contributed by atoms with Gasteiger partial charge in [-0.3, -0.25) is 9.59 Å². The molecule has 1 heterocycles. The molecule has 1 aliphatic heterocycles. The van der Waals surface area contributed by atoms with Crippen molar-refractivity contribution in [3.05, 3.63) is 29.8 Å². The lowest BCUT2D eigenvalue weighted by Crippen LogP contribution is -2.33. The smallest absolute Gasteiger partial charge is 0.253 e. The molecule has 0 spiro atoms. The molecular formula is C19H26N2O3. The van der Waals surface area contributed by atoms with Gasteiger partial charge < -0.3 is 15.4 Å². The maximum absolute atomic E-state index is 12.5. The first-order valence-electron chi connectivity index (χ1n) is 9.04. The van der Waals surface area contributed by atoms with Gasteiger partial charge in [0.1, 0.15) is 0 Å². The summed E-state index contributed by atoms with van der Waals surface area (Å²) in [5.41, 5.74) is 1.11. The number of hydrogen-bond acceptors (Lipinski definition) is 3. The van der Waals surface area contributed by atoms with Crippen LogP contribution in [0.3, 0.4) is 0 Å². The lowest BCUT2D eigenvalue weighted by molar-refractivity contribution is -0.120. The van der Waals surface area contributed by atoms with Gasteiger partial charge in [0.2, 0.25) is 5.91 Å². The fourth-order valence-electron chi connectivity index (χ4n) is 3.50. The molecule has 2 fully saturated rings. The molecule has 0 radical (unpaired) electrons. The maximum atomic E-state index is 12.5. The highest BCUT2D eigenvalue weighted by molar-refractivity contribution is 6.04. The monoisotopic (exact) mass is 330 g/mol. The van der Waals surface area contributed by atoms with Crippen LogP contribution in [0.2, 0.25) is 0 Å². The second-order valence-corrected chi connectivity index (χ2v) is 6.71. The van der Waals surface area contributed by atoms with Crippen LogP contribution in [-0.2, 0) is 9.53 Å². The first-order chi connectivity index (χ1) is 11.7. The lowest BCUT2D eigenvalue weighted by atomic mass is 9.88. The van der Waals surface area contributed by atoms with E-state index in [0.29, 0.717) is 17.8 Å². The Kier molecular flexibility index (Phi) is 5.86. The van der Waals surface area contributed by atoms with Gasteiger partial charge >= 0.3 is 0 Å². The molecule has 1 aromatic carbocycles. The Morgan fingerprint density at radius 2 is 1.83 bits per heavy atom. The average molecular weight is 330 g/mol. The predicted octanol–water partition coefficient (Wildman–Crippen LogP) is 3.11. The van der Waals surface area contributed by atoms with Crippen LogP contribution in [0, 0.1) is 5.92 Å². The van der Waals surface area contributed by atoms with E-state index >= 15 is 0 Å². The molecule has 1 aliphatic carbocycles. The Labute approximate surface area is 143 Å². The van der Waals surface area contributed by atoms with E-state index in [1.165, 1.54) is 6.42 Å². The number of nitrogens with one attached hydrogen (secondary N) is 2. The van der Waals surface area contributed by atoms with Gasteiger partial charge in [-0.05, 0) is 37.8 Å². The fraction of sp³-hybridized carbons (Fsp3) is 0.579. The lowest BCUT2D eigenvalue weighted by Gasteiger charge is -2.21. The van der Waals surface area contributed by atoms with Crippen molar-refractivity contribution < 1.29 is 14.3 Å². The van der Waals surface area contributed by atoms with E-state index in [0.717, 1.165) is 45.1 Å². The summed E-state index contributed by atoms with van der Waals surface area (Å²) in [6.45, 7) is 1.29. The number of ether oxygens (including phenoxy) is 1. The molecule has 2 N–H and O–H groups in total. The molecule has 24 heavy (non-hydrogen) atoms. The molecule has 2 amide bonds. The second-order valence-electron chi connectivity index (χ2n) is 6.71. The van der Waals surface area contributed by atoms with Crippen molar-refractivity contribution in [2.24, 2.45) is 5.92 Å². The standard InChI is InChI=1S/C19H26N2O3/c22-18(14-7-2-1-3-8-14)21-17-11-5-4-10-16(17)19(23)20-13-15-9-6-12-24-15/h4-5,10-11,14-15H,1-3,6-9,12-13H2,(H,20,23)(H,21,22)/t15-/m0/s1. The number of anilines is 1. The Morgan fingerprint density at radius 1 is 1.04 bits per heavy atom. The van der Waals surface area contributed by atoms with Gasteiger partial charge in [-0.1, -0.05) is 31.4 Å². The molecule has 3 rings (SSSR count). The number of rotatable bonds is 5. The van der Waals surface area contributed by atoms with Gasteiger partial charge in [0.25, 0.3) is 5.91 Å². The molecular weight excluding hydrogens is 304 g/mol. The summed E-state index contributed by atoms with van der Waals surface area (Å²) in [7, 11) is 0. The van der Waals surface area contributed by atoms with Crippen molar-refractivity contribution in [3.63, 3.8) is 0 Å². The average Bonchev–Trinajstić information content (AvgIpc) is 3.14. The molecule has 1 atom stereocenters.